The number of nitrogens with two attached hydrogens (primary N) is 1. The van der Waals surface area contributed by atoms with Gasteiger partial charge in [0.05, 0.1) is 7.11 Å². The van der Waals surface area contributed by atoms with Crippen molar-refractivity contribution >= 4 is 5.97 Å². The minimum atomic E-state index is -0.151. The number of hydrogen-bond acceptors (Lipinski definition) is 4. The van der Waals surface area contributed by atoms with Gasteiger partial charge in [-0.2, -0.15) is 0 Å². The molecule has 2 N–H and O–H groups in total. The lowest BCUT2D eigenvalue weighted by molar-refractivity contribution is -0.145. The molecule has 0 radical (unpaired) electrons. The standard InChI is InChI=1S/C12H24N2O2/c1-12(2,3)5-6-14-8-9(13)7-10(14)11(15)16-4/h9-10H,5-8,13H2,1-4H3/t9-,10-/m0/s1. The average molecular weight is 228 g/mol. The molecule has 4 heteroatoms. The van der Waals surface area contributed by atoms with Crippen LogP contribution in [0.2, 0.25) is 0 Å². The largest absolute Gasteiger partial charge is 0.468 e. The lowest BCUT2D eigenvalue weighted by Gasteiger charge is -2.26. The zero-order chi connectivity index (χ0) is 12.3. The van der Waals surface area contributed by atoms with Gasteiger partial charge in [-0.1, -0.05) is 20.8 Å². The van der Waals surface area contributed by atoms with E-state index in [0.29, 0.717) is 0 Å². The van der Waals surface area contributed by atoms with Gasteiger partial charge in [-0.25, -0.2) is 0 Å². The van der Waals surface area contributed by atoms with E-state index in [1.54, 1.807) is 0 Å². The second-order valence-corrected chi connectivity index (χ2v) is 5.84. The molecule has 1 fully saturated rings. The molecule has 1 aliphatic heterocycles. The van der Waals surface area contributed by atoms with Crippen LogP contribution in [0, 0.1) is 5.41 Å². The Bertz CT molecular complexity index is 248. The lowest BCUT2D eigenvalue weighted by Crippen LogP contribution is -2.38. The summed E-state index contributed by atoms with van der Waals surface area (Å²) in [4.78, 5) is 13.7. The van der Waals surface area contributed by atoms with Gasteiger partial charge in [0, 0.05) is 12.6 Å². The molecule has 0 aliphatic carbocycles. The number of rotatable bonds is 3. The van der Waals surface area contributed by atoms with Crippen LogP contribution >= 0.6 is 0 Å². The first-order valence-electron chi connectivity index (χ1n) is 5.91. The Morgan fingerprint density at radius 3 is 2.62 bits per heavy atom. The van der Waals surface area contributed by atoms with Crippen molar-refractivity contribution in [2.45, 2.75) is 45.7 Å². The highest BCUT2D eigenvalue weighted by Crippen LogP contribution is 2.23. The van der Waals surface area contributed by atoms with Crippen molar-refractivity contribution in [1.29, 1.82) is 0 Å². The Kier molecular flexibility index (Phi) is 4.33. The van der Waals surface area contributed by atoms with Crippen LogP contribution < -0.4 is 5.73 Å². The number of esters is 1. The summed E-state index contributed by atoms with van der Waals surface area (Å²) in [5.41, 5.74) is 6.18. The smallest absolute Gasteiger partial charge is 0.323 e. The maximum Gasteiger partial charge on any atom is 0.323 e. The molecule has 0 aromatic carbocycles. The first-order valence-corrected chi connectivity index (χ1v) is 5.91. The van der Waals surface area contributed by atoms with Crippen LogP contribution in [0.5, 0.6) is 0 Å². The van der Waals surface area contributed by atoms with Crippen molar-refractivity contribution in [2.75, 3.05) is 20.2 Å². The van der Waals surface area contributed by atoms with E-state index in [9.17, 15) is 4.79 Å². The maximum absolute atomic E-state index is 11.6. The lowest BCUT2D eigenvalue weighted by atomic mass is 9.92. The number of likely N-dealkylation sites (tertiary alicyclic amines) is 1. The number of methoxy groups -OCH3 is 1. The summed E-state index contributed by atoms with van der Waals surface area (Å²) in [7, 11) is 1.44. The van der Waals surface area contributed by atoms with Crippen LogP contribution in [0.15, 0.2) is 0 Å². The zero-order valence-electron chi connectivity index (χ0n) is 10.8. The van der Waals surface area contributed by atoms with Gasteiger partial charge in [0.2, 0.25) is 0 Å². The number of ether oxygens (including phenoxy) is 1. The summed E-state index contributed by atoms with van der Waals surface area (Å²) in [5, 5.41) is 0. The Balaban J connectivity index is 2.53. The minimum absolute atomic E-state index is 0.101. The van der Waals surface area contributed by atoms with Gasteiger partial charge in [-0.3, -0.25) is 9.69 Å². The van der Waals surface area contributed by atoms with Gasteiger partial charge in [-0.15, -0.1) is 0 Å². The van der Waals surface area contributed by atoms with Crippen molar-refractivity contribution in [1.82, 2.24) is 4.90 Å². The van der Waals surface area contributed by atoms with Gasteiger partial charge in [0.15, 0.2) is 0 Å². The number of carbonyl (C=O) groups excluding carboxylic acids is 1. The van der Waals surface area contributed by atoms with Crippen molar-refractivity contribution < 1.29 is 9.53 Å². The fraction of sp³-hybridized carbons (Fsp3) is 0.917. The highest BCUT2D eigenvalue weighted by Gasteiger charge is 2.35. The van der Waals surface area contributed by atoms with E-state index < -0.39 is 0 Å². The van der Waals surface area contributed by atoms with Crippen molar-refractivity contribution in [3.8, 4) is 0 Å². The summed E-state index contributed by atoms with van der Waals surface area (Å²) in [6, 6.07) is -0.0357. The SMILES string of the molecule is COC(=O)[C@@H]1C[C@H](N)CN1CCC(C)(C)C. The Morgan fingerprint density at radius 2 is 2.12 bits per heavy atom. The van der Waals surface area contributed by atoms with Crippen LogP contribution in [0.25, 0.3) is 0 Å². The predicted octanol–water partition coefficient (Wildman–Crippen LogP) is 0.997. The molecule has 0 bridgehead atoms. The molecule has 4 nitrogen and oxygen atoms in total. The van der Waals surface area contributed by atoms with Gasteiger partial charge in [-0.05, 0) is 24.8 Å². The van der Waals surface area contributed by atoms with E-state index in [2.05, 4.69) is 25.7 Å². The number of carbonyl (C=O) groups is 1. The van der Waals surface area contributed by atoms with Gasteiger partial charge in [0.25, 0.3) is 0 Å². The van der Waals surface area contributed by atoms with Crippen LogP contribution in [0.3, 0.4) is 0 Å². The highest BCUT2D eigenvalue weighted by molar-refractivity contribution is 5.76. The minimum Gasteiger partial charge on any atom is -0.468 e. The van der Waals surface area contributed by atoms with Gasteiger partial charge >= 0.3 is 5.97 Å². The van der Waals surface area contributed by atoms with E-state index in [4.69, 9.17) is 10.5 Å². The normalized spacial score (nSPS) is 27.1. The molecule has 0 saturated carbocycles. The third-order valence-corrected chi connectivity index (χ3v) is 3.06. The topological polar surface area (TPSA) is 55.6 Å². The molecule has 0 aromatic heterocycles. The number of hydrogen-bond donors (Lipinski definition) is 1. The first-order chi connectivity index (χ1) is 7.33. The first kappa shape index (κ1) is 13.5. The summed E-state index contributed by atoms with van der Waals surface area (Å²) in [5.74, 6) is -0.151. The summed E-state index contributed by atoms with van der Waals surface area (Å²) < 4.78 is 4.81. The summed E-state index contributed by atoms with van der Waals surface area (Å²) in [6.45, 7) is 8.33. The molecule has 1 heterocycles. The molecule has 1 aliphatic rings. The fourth-order valence-corrected chi connectivity index (χ4v) is 2.05. The third-order valence-electron chi connectivity index (χ3n) is 3.06. The van der Waals surface area contributed by atoms with Crippen molar-refractivity contribution in [3.63, 3.8) is 0 Å². The Hall–Kier alpha value is -0.610. The Labute approximate surface area is 98.1 Å². The highest BCUT2D eigenvalue weighted by atomic mass is 16.5. The third kappa shape index (κ3) is 3.76. The van der Waals surface area contributed by atoms with Crippen molar-refractivity contribution in [3.05, 3.63) is 0 Å². The number of nitrogens with zero attached hydrogens (tertiary/aromatic N) is 1. The molecule has 94 valence electrons. The molecule has 0 amide bonds. The van der Waals surface area contributed by atoms with E-state index in [-0.39, 0.29) is 23.5 Å². The van der Waals surface area contributed by atoms with E-state index in [0.717, 1.165) is 25.9 Å². The van der Waals surface area contributed by atoms with Crippen LogP contribution in [0.4, 0.5) is 0 Å². The maximum atomic E-state index is 11.6. The van der Waals surface area contributed by atoms with E-state index in [1.165, 1.54) is 7.11 Å². The molecule has 2 atom stereocenters. The molecule has 0 spiro atoms. The molecular formula is C12H24N2O2. The molecule has 1 rings (SSSR count). The van der Waals surface area contributed by atoms with Gasteiger partial charge in [0.1, 0.15) is 6.04 Å². The fourth-order valence-electron chi connectivity index (χ4n) is 2.05. The van der Waals surface area contributed by atoms with Crippen LogP contribution in [0.1, 0.15) is 33.6 Å². The van der Waals surface area contributed by atoms with Crippen LogP contribution in [-0.4, -0.2) is 43.2 Å². The molecule has 0 aromatic rings. The van der Waals surface area contributed by atoms with E-state index >= 15 is 0 Å². The van der Waals surface area contributed by atoms with Crippen molar-refractivity contribution in [2.24, 2.45) is 11.1 Å². The molecule has 0 unspecified atom stereocenters. The monoisotopic (exact) mass is 228 g/mol. The second-order valence-electron chi connectivity index (χ2n) is 5.84. The zero-order valence-corrected chi connectivity index (χ0v) is 10.8. The Morgan fingerprint density at radius 1 is 1.50 bits per heavy atom. The molecule has 1 saturated heterocycles. The second kappa shape index (κ2) is 5.15. The predicted molar refractivity (Wildman–Crippen MR) is 64.0 cm³/mol. The van der Waals surface area contributed by atoms with Gasteiger partial charge < -0.3 is 10.5 Å². The van der Waals surface area contributed by atoms with Crippen LogP contribution in [-0.2, 0) is 9.53 Å². The quantitative estimate of drug-likeness (QED) is 0.732. The summed E-state index contributed by atoms with van der Waals surface area (Å²) in [6.07, 6.45) is 1.78. The van der Waals surface area contributed by atoms with E-state index in [1.807, 2.05) is 0 Å². The average Bonchev–Trinajstić information content (AvgIpc) is 2.54. The summed E-state index contributed by atoms with van der Waals surface area (Å²) >= 11 is 0. The molecule has 16 heavy (non-hydrogen) atoms. The molecular weight excluding hydrogens is 204 g/mol.